The zero-order valence-corrected chi connectivity index (χ0v) is 7.06. The molecule has 2 heterocycles. The largest absolute Gasteiger partial charge is 0.355 e. The van der Waals surface area contributed by atoms with Gasteiger partial charge in [-0.15, -0.1) is 10.2 Å². The van der Waals surface area contributed by atoms with E-state index in [2.05, 4.69) is 15.5 Å². The van der Waals surface area contributed by atoms with Crippen molar-refractivity contribution in [3.8, 4) is 0 Å². The highest BCUT2D eigenvalue weighted by Crippen LogP contribution is 2.06. The second-order valence-electron chi connectivity index (χ2n) is 2.56. The fourth-order valence-corrected chi connectivity index (χ4v) is 1.16. The monoisotopic (exact) mass is 176 g/mol. The molecule has 0 fully saturated rings. The Labute approximate surface area is 74.4 Å². The average molecular weight is 176 g/mol. The lowest BCUT2D eigenvalue weighted by Crippen LogP contribution is -2.18. The van der Waals surface area contributed by atoms with Gasteiger partial charge in [0.05, 0.1) is 5.56 Å². The molecule has 1 N–H and O–H groups in total. The number of hydrogen-bond donors (Lipinski definition) is 1. The number of hydrogen-bond acceptors (Lipinski definition) is 3. The topological polar surface area (TPSA) is 59.3 Å². The first-order chi connectivity index (χ1) is 6.33. The second kappa shape index (κ2) is 2.85. The van der Waals surface area contributed by atoms with E-state index in [1.165, 1.54) is 0 Å². The van der Waals surface area contributed by atoms with Crippen LogP contribution in [0.25, 0.3) is 5.65 Å². The third-order valence-corrected chi connectivity index (χ3v) is 1.80. The van der Waals surface area contributed by atoms with E-state index in [1.807, 2.05) is 0 Å². The molecule has 2 aromatic heterocycles. The maximum Gasteiger partial charge on any atom is 0.254 e. The standard InChI is InChI=1S/C8H8N4O/c1-9-8(13)6-3-2-4-12-5-10-11-7(6)12/h2-5H,1H3,(H,9,13). The normalized spacial score (nSPS) is 10.2. The fraction of sp³-hybridized carbons (Fsp3) is 0.125. The van der Waals surface area contributed by atoms with Crippen LogP contribution in [0.2, 0.25) is 0 Å². The molecule has 66 valence electrons. The van der Waals surface area contributed by atoms with E-state index in [0.717, 1.165) is 0 Å². The van der Waals surface area contributed by atoms with Crippen molar-refractivity contribution < 1.29 is 4.79 Å². The van der Waals surface area contributed by atoms with Crippen molar-refractivity contribution in [2.45, 2.75) is 0 Å². The lowest BCUT2D eigenvalue weighted by atomic mass is 10.2. The van der Waals surface area contributed by atoms with Crippen LogP contribution in [0.4, 0.5) is 0 Å². The predicted molar refractivity (Wildman–Crippen MR) is 46.4 cm³/mol. The lowest BCUT2D eigenvalue weighted by molar-refractivity contribution is 0.0964. The molecule has 0 aromatic carbocycles. The van der Waals surface area contributed by atoms with Crippen molar-refractivity contribution in [1.29, 1.82) is 0 Å². The Balaban J connectivity index is 2.67. The lowest BCUT2D eigenvalue weighted by Gasteiger charge is -1.99. The molecule has 0 bridgehead atoms. The number of fused-ring (bicyclic) bond motifs is 1. The molecule has 5 heteroatoms. The van der Waals surface area contributed by atoms with Gasteiger partial charge in [-0.1, -0.05) is 0 Å². The zero-order chi connectivity index (χ0) is 9.26. The molecule has 0 saturated carbocycles. The van der Waals surface area contributed by atoms with Crippen LogP contribution in [0.1, 0.15) is 10.4 Å². The minimum atomic E-state index is -0.154. The molecular formula is C8H8N4O. The van der Waals surface area contributed by atoms with Crippen molar-refractivity contribution >= 4 is 11.6 Å². The number of rotatable bonds is 1. The summed E-state index contributed by atoms with van der Waals surface area (Å²) in [5.74, 6) is -0.154. The molecular weight excluding hydrogens is 168 g/mol. The molecule has 0 aliphatic carbocycles. The summed E-state index contributed by atoms with van der Waals surface area (Å²) < 4.78 is 1.70. The summed E-state index contributed by atoms with van der Waals surface area (Å²) in [6.07, 6.45) is 3.35. The summed E-state index contributed by atoms with van der Waals surface area (Å²) in [6, 6.07) is 3.49. The molecule has 0 spiro atoms. The Morgan fingerprint density at radius 1 is 1.62 bits per heavy atom. The summed E-state index contributed by atoms with van der Waals surface area (Å²) in [7, 11) is 1.59. The molecule has 2 rings (SSSR count). The number of carbonyl (C=O) groups excluding carboxylic acids is 1. The highest BCUT2D eigenvalue weighted by Gasteiger charge is 2.09. The fourth-order valence-electron chi connectivity index (χ4n) is 1.16. The Morgan fingerprint density at radius 2 is 2.46 bits per heavy atom. The first-order valence-corrected chi connectivity index (χ1v) is 3.83. The van der Waals surface area contributed by atoms with Gasteiger partial charge in [-0.05, 0) is 12.1 Å². The van der Waals surface area contributed by atoms with Crippen molar-refractivity contribution in [3.63, 3.8) is 0 Å². The number of carbonyl (C=O) groups is 1. The van der Waals surface area contributed by atoms with Crippen LogP contribution < -0.4 is 5.32 Å². The van der Waals surface area contributed by atoms with Crippen LogP contribution in [0.5, 0.6) is 0 Å². The number of nitrogens with one attached hydrogen (secondary N) is 1. The van der Waals surface area contributed by atoms with Crippen molar-refractivity contribution in [2.24, 2.45) is 0 Å². The average Bonchev–Trinajstić information content (AvgIpc) is 2.63. The van der Waals surface area contributed by atoms with Crippen LogP contribution in [0.15, 0.2) is 24.7 Å². The third-order valence-electron chi connectivity index (χ3n) is 1.80. The molecule has 0 aliphatic heterocycles. The van der Waals surface area contributed by atoms with Crippen LogP contribution in [-0.2, 0) is 0 Å². The molecule has 2 aromatic rings. The van der Waals surface area contributed by atoms with Crippen molar-refractivity contribution in [1.82, 2.24) is 19.9 Å². The van der Waals surface area contributed by atoms with Crippen LogP contribution in [0, 0.1) is 0 Å². The van der Waals surface area contributed by atoms with Gasteiger partial charge in [0, 0.05) is 13.2 Å². The van der Waals surface area contributed by atoms with Gasteiger partial charge >= 0.3 is 0 Å². The van der Waals surface area contributed by atoms with E-state index in [4.69, 9.17) is 0 Å². The Morgan fingerprint density at radius 3 is 3.23 bits per heavy atom. The van der Waals surface area contributed by atoms with E-state index in [0.29, 0.717) is 11.2 Å². The SMILES string of the molecule is CNC(=O)c1cccn2cnnc12. The molecule has 0 atom stereocenters. The van der Waals surface area contributed by atoms with Crippen molar-refractivity contribution in [2.75, 3.05) is 7.05 Å². The predicted octanol–water partition coefficient (Wildman–Crippen LogP) is 0.0889. The molecule has 1 amide bonds. The summed E-state index contributed by atoms with van der Waals surface area (Å²) in [4.78, 5) is 11.3. The first-order valence-electron chi connectivity index (χ1n) is 3.83. The van der Waals surface area contributed by atoms with Gasteiger partial charge in [-0.2, -0.15) is 0 Å². The minimum Gasteiger partial charge on any atom is -0.355 e. The van der Waals surface area contributed by atoms with Crippen LogP contribution >= 0.6 is 0 Å². The number of nitrogens with zero attached hydrogens (tertiary/aromatic N) is 3. The van der Waals surface area contributed by atoms with E-state index < -0.39 is 0 Å². The Kier molecular flexibility index (Phi) is 1.70. The van der Waals surface area contributed by atoms with Crippen LogP contribution in [0.3, 0.4) is 0 Å². The third kappa shape index (κ3) is 1.14. The van der Waals surface area contributed by atoms with Gasteiger partial charge in [-0.25, -0.2) is 0 Å². The molecule has 0 unspecified atom stereocenters. The van der Waals surface area contributed by atoms with Gasteiger partial charge in [0.25, 0.3) is 5.91 Å². The van der Waals surface area contributed by atoms with Gasteiger partial charge in [-0.3, -0.25) is 9.20 Å². The molecule has 13 heavy (non-hydrogen) atoms. The van der Waals surface area contributed by atoms with E-state index in [1.54, 1.807) is 36.1 Å². The first kappa shape index (κ1) is 7.72. The highest BCUT2D eigenvalue weighted by atomic mass is 16.1. The zero-order valence-electron chi connectivity index (χ0n) is 7.06. The quantitative estimate of drug-likeness (QED) is 0.669. The molecule has 0 saturated heterocycles. The Hall–Kier alpha value is -1.91. The number of amides is 1. The van der Waals surface area contributed by atoms with Gasteiger partial charge < -0.3 is 5.32 Å². The van der Waals surface area contributed by atoms with E-state index >= 15 is 0 Å². The van der Waals surface area contributed by atoms with Gasteiger partial charge in [0.1, 0.15) is 6.33 Å². The van der Waals surface area contributed by atoms with E-state index in [-0.39, 0.29) is 5.91 Å². The maximum absolute atomic E-state index is 11.3. The van der Waals surface area contributed by atoms with Crippen LogP contribution in [-0.4, -0.2) is 27.6 Å². The summed E-state index contributed by atoms with van der Waals surface area (Å²) in [6.45, 7) is 0. The van der Waals surface area contributed by atoms with Gasteiger partial charge in [0.15, 0.2) is 5.65 Å². The summed E-state index contributed by atoms with van der Waals surface area (Å²) in [5.41, 5.74) is 1.10. The van der Waals surface area contributed by atoms with Gasteiger partial charge in [0.2, 0.25) is 0 Å². The molecule has 5 nitrogen and oxygen atoms in total. The number of aromatic nitrogens is 3. The summed E-state index contributed by atoms with van der Waals surface area (Å²) >= 11 is 0. The number of pyridine rings is 1. The minimum absolute atomic E-state index is 0.154. The maximum atomic E-state index is 11.3. The Bertz CT molecular complexity index is 448. The summed E-state index contributed by atoms with van der Waals surface area (Å²) in [5, 5.41) is 10.1. The second-order valence-corrected chi connectivity index (χ2v) is 2.56. The van der Waals surface area contributed by atoms with E-state index in [9.17, 15) is 4.79 Å². The molecule has 0 aliphatic rings. The smallest absolute Gasteiger partial charge is 0.254 e. The molecule has 0 radical (unpaired) electrons. The highest BCUT2D eigenvalue weighted by molar-refractivity contribution is 5.99. The van der Waals surface area contributed by atoms with Crippen molar-refractivity contribution in [3.05, 3.63) is 30.2 Å².